The van der Waals surface area contributed by atoms with Crippen LogP contribution in [0.3, 0.4) is 0 Å². The molecule has 0 unspecified atom stereocenters. The maximum atomic E-state index is 12.2. The van der Waals surface area contributed by atoms with Gasteiger partial charge in [0.05, 0.1) is 12.5 Å². The van der Waals surface area contributed by atoms with Crippen molar-refractivity contribution in [3.05, 3.63) is 65.2 Å². The third kappa shape index (κ3) is 4.83. The van der Waals surface area contributed by atoms with E-state index >= 15 is 0 Å². The predicted octanol–water partition coefficient (Wildman–Crippen LogP) is 3.53. The summed E-state index contributed by atoms with van der Waals surface area (Å²) in [6.45, 7) is 3.47. The molecule has 25 heavy (non-hydrogen) atoms. The molecule has 4 heteroatoms. The molecule has 0 saturated carbocycles. The van der Waals surface area contributed by atoms with Gasteiger partial charge in [-0.15, -0.1) is 0 Å². The Morgan fingerprint density at radius 1 is 1.16 bits per heavy atom. The van der Waals surface area contributed by atoms with Crippen LogP contribution in [0.15, 0.2) is 48.5 Å². The van der Waals surface area contributed by atoms with Crippen molar-refractivity contribution in [1.29, 1.82) is 0 Å². The molecule has 0 radical (unpaired) electrons. The second-order valence-electron chi connectivity index (χ2n) is 6.75. The van der Waals surface area contributed by atoms with Gasteiger partial charge >= 0.3 is 0 Å². The molecule has 0 aromatic heterocycles. The van der Waals surface area contributed by atoms with Crippen molar-refractivity contribution in [2.75, 3.05) is 13.2 Å². The Bertz CT molecular complexity index is 694. The lowest BCUT2D eigenvalue weighted by Gasteiger charge is -2.32. The van der Waals surface area contributed by atoms with Gasteiger partial charge in [-0.2, -0.15) is 0 Å². The molecule has 0 bridgehead atoms. The van der Waals surface area contributed by atoms with E-state index in [4.69, 9.17) is 4.74 Å². The predicted molar refractivity (Wildman–Crippen MR) is 97.4 cm³/mol. The van der Waals surface area contributed by atoms with Crippen molar-refractivity contribution in [1.82, 2.24) is 5.32 Å². The number of amides is 1. The number of phenols is 1. The van der Waals surface area contributed by atoms with Gasteiger partial charge in [0.25, 0.3) is 0 Å². The van der Waals surface area contributed by atoms with E-state index in [1.54, 1.807) is 24.3 Å². The zero-order chi connectivity index (χ0) is 17.6. The van der Waals surface area contributed by atoms with Crippen LogP contribution in [0, 0.1) is 12.8 Å². The highest BCUT2D eigenvalue weighted by atomic mass is 16.5. The first-order chi connectivity index (χ1) is 12.1. The van der Waals surface area contributed by atoms with Gasteiger partial charge in [-0.3, -0.25) is 4.79 Å². The molecule has 0 aliphatic carbocycles. The molecule has 1 aliphatic heterocycles. The molecule has 2 atom stereocenters. The van der Waals surface area contributed by atoms with Crippen LogP contribution in [-0.2, 0) is 16.0 Å². The minimum absolute atomic E-state index is 0.00100. The van der Waals surface area contributed by atoms with E-state index in [9.17, 15) is 9.90 Å². The highest BCUT2D eigenvalue weighted by molar-refractivity contribution is 5.78. The van der Waals surface area contributed by atoms with E-state index < -0.39 is 0 Å². The lowest BCUT2D eigenvalue weighted by molar-refractivity contribution is -0.121. The average molecular weight is 339 g/mol. The van der Waals surface area contributed by atoms with Gasteiger partial charge in [-0.1, -0.05) is 42.0 Å². The molecule has 1 heterocycles. The minimum Gasteiger partial charge on any atom is -0.508 e. The Hall–Kier alpha value is -2.33. The lowest BCUT2D eigenvalue weighted by atomic mass is 9.89. The number of carbonyl (C=O) groups is 1. The number of nitrogens with one attached hydrogen (secondary N) is 1. The van der Waals surface area contributed by atoms with Crippen LogP contribution in [0.2, 0.25) is 0 Å². The van der Waals surface area contributed by atoms with E-state index in [1.807, 2.05) is 0 Å². The number of aryl methyl sites for hydroxylation is 1. The molecule has 0 spiro atoms. The summed E-state index contributed by atoms with van der Waals surface area (Å²) in [7, 11) is 0. The topological polar surface area (TPSA) is 58.6 Å². The first-order valence-corrected chi connectivity index (χ1v) is 8.84. The van der Waals surface area contributed by atoms with E-state index in [0.717, 1.165) is 25.0 Å². The number of carbonyl (C=O) groups excluding carboxylic acids is 1. The standard InChI is InChI=1S/C21H25NO3/c1-15-4-8-17(9-5-15)21-18(3-2-12-25-21)14-22-20(24)13-16-6-10-19(23)11-7-16/h4-11,18,21,23H,2-3,12-14H2,1H3,(H,22,24)/t18-,21+/m1/s1. The van der Waals surface area contributed by atoms with Crippen molar-refractivity contribution in [3.63, 3.8) is 0 Å². The monoisotopic (exact) mass is 339 g/mol. The summed E-state index contributed by atoms with van der Waals surface area (Å²) in [5, 5.41) is 12.3. The summed E-state index contributed by atoms with van der Waals surface area (Å²) in [6, 6.07) is 15.2. The van der Waals surface area contributed by atoms with Gasteiger partial charge in [0.15, 0.2) is 0 Å². The van der Waals surface area contributed by atoms with Gasteiger partial charge in [0, 0.05) is 19.1 Å². The van der Waals surface area contributed by atoms with Crippen LogP contribution in [0.1, 0.15) is 35.6 Å². The number of phenolic OH excluding ortho intramolecular Hbond substituents is 1. The number of ether oxygens (including phenoxy) is 1. The average Bonchev–Trinajstić information content (AvgIpc) is 2.63. The molecule has 1 fully saturated rings. The molecule has 132 valence electrons. The molecule has 2 N–H and O–H groups in total. The van der Waals surface area contributed by atoms with Crippen molar-refractivity contribution in [2.24, 2.45) is 5.92 Å². The number of hydrogen-bond donors (Lipinski definition) is 2. The van der Waals surface area contributed by atoms with Crippen LogP contribution in [0.4, 0.5) is 0 Å². The van der Waals surface area contributed by atoms with Crippen LogP contribution in [-0.4, -0.2) is 24.2 Å². The second-order valence-corrected chi connectivity index (χ2v) is 6.75. The van der Waals surface area contributed by atoms with Gasteiger partial charge in [-0.05, 0) is 43.0 Å². The van der Waals surface area contributed by atoms with Gasteiger partial charge < -0.3 is 15.2 Å². The quantitative estimate of drug-likeness (QED) is 0.876. The Kier molecular flexibility index (Phi) is 5.71. The maximum absolute atomic E-state index is 12.2. The molecule has 2 aromatic carbocycles. The Morgan fingerprint density at radius 2 is 1.88 bits per heavy atom. The number of aromatic hydroxyl groups is 1. The van der Waals surface area contributed by atoms with Crippen molar-refractivity contribution >= 4 is 5.91 Å². The fourth-order valence-electron chi connectivity index (χ4n) is 3.28. The number of benzene rings is 2. The zero-order valence-electron chi connectivity index (χ0n) is 14.6. The minimum atomic E-state index is -0.00100. The first-order valence-electron chi connectivity index (χ1n) is 8.84. The van der Waals surface area contributed by atoms with Crippen LogP contribution >= 0.6 is 0 Å². The van der Waals surface area contributed by atoms with Gasteiger partial charge in [0.1, 0.15) is 5.75 Å². The van der Waals surface area contributed by atoms with Gasteiger partial charge in [0.2, 0.25) is 5.91 Å². The van der Waals surface area contributed by atoms with E-state index in [1.165, 1.54) is 11.1 Å². The van der Waals surface area contributed by atoms with Crippen molar-refractivity contribution in [3.8, 4) is 5.75 Å². The number of hydrogen-bond acceptors (Lipinski definition) is 3. The third-order valence-electron chi connectivity index (χ3n) is 4.71. The summed E-state index contributed by atoms with van der Waals surface area (Å²) >= 11 is 0. The molecule has 1 aliphatic rings. The lowest BCUT2D eigenvalue weighted by Crippen LogP contribution is -2.35. The molecule has 3 rings (SSSR count). The SMILES string of the molecule is Cc1ccc([C@@H]2OCCC[C@@H]2CNC(=O)Cc2ccc(O)cc2)cc1. The molecule has 2 aromatic rings. The molecule has 1 amide bonds. The highest BCUT2D eigenvalue weighted by Gasteiger charge is 2.27. The van der Waals surface area contributed by atoms with Crippen LogP contribution in [0.5, 0.6) is 5.75 Å². The summed E-state index contributed by atoms with van der Waals surface area (Å²) in [6.07, 6.45) is 2.45. The largest absolute Gasteiger partial charge is 0.508 e. The van der Waals surface area contributed by atoms with E-state index in [-0.39, 0.29) is 17.8 Å². The maximum Gasteiger partial charge on any atom is 0.224 e. The Labute approximate surface area is 148 Å². The van der Waals surface area contributed by atoms with Crippen LogP contribution in [0.25, 0.3) is 0 Å². The number of rotatable bonds is 5. The van der Waals surface area contributed by atoms with Crippen molar-refractivity contribution < 1.29 is 14.6 Å². The molecular formula is C21H25NO3. The normalized spacial score (nSPS) is 20.2. The summed E-state index contributed by atoms with van der Waals surface area (Å²) in [5.74, 6) is 0.503. The van der Waals surface area contributed by atoms with Gasteiger partial charge in [-0.25, -0.2) is 0 Å². The fraction of sp³-hybridized carbons (Fsp3) is 0.381. The Balaban J connectivity index is 1.57. The zero-order valence-corrected chi connectivity index (χ0v) is 14.6. The summed E-state index contributed by atoms with van der Waals surface area (Å²) < 4.78 is 6.00. The third-order valence-corrected chi connectivity index (χ3v) is 4.71. The summed E-state index contributed by atoms with van der Waals surface area (Å²) in [4.78, 5) is 12.2. The van der Waals surface area contributed by atoms with Crippen molar-refractivity contribution in [2.45, 2.75) is 32.3 Å². The molecule has 1 saturated heterocycles. The van der Waals surface area contributed by atoms with E-state index in [0.29, 0.717) is 18.9 Å². The smallest absolute Gasteiger partial charge is 0.224 e. The summed E-state index contributed by atoms with van der Waals surface area (Å²) in [5.41, 5.74) is 3.31. The Morgan fingerprint density at radius 3 is 2.60 bits per heavy atom. The first kappa shape index (κ1) is 17.5. The van der Waals surface area contributed by atoms with Crippen LogP contribution < -0.4 is 5.32 Å². The van der Waals surface area contributed by atoms with E-state index in [2.05, 4.69) is 36.5 Å². The molecule has 4 nitrogen and oxygen atoms in total. The molecular weight excluding hydrogens is 314 g/mol. The second kappa shape index (κ2) is 8.17. The highest BCUT2D eigenvalue weighted by Crippen LogP contribution is 2.33. The fourth-order valence-corrected chi connectivity index (χ4v) is 3.28.